The molecule has 1 aromatic heterocycles. The molecule has 2 aromatic rings. The highest BCUT2D eigenvalue weighted by Crippen LogP contribution is 2.38. The SMILES string of the molecule is CC.CC.CC.Cc1cccc(-c2c(C(=O)O)c(C)n(C)c2C2=CC=C(Cl)C=CC2)c1. The minimum absolute atomic E-state index is 0.354. The van der Waals surface area contributed by atoms with Gasteiger partial charge in [0.2, 0.25) is 0 Å². The Morgan fingerprint density at radius 3 is 2.19 bits per heavy atom. The van der Waals surface area contributed by atoms with E-state index in [2.05, 4.69) is 0 Å². The van der Waals surface area contributed by atoms with E-state index < -0.39 is 5.97 Å². The highest BCUT2D eigenvalue weighted by atomic mass is 35.5. The molecule has 0 aliphatic heterocycles. The number of hydrogen-bond donors (Lipinski definition) is 1. The number of benzene rings is 1. The van der Waals surface area contributed by atoms with E-state index in [0.717, 1.165) is 33.7 Å². The van der Waals surface area contributed by atoms with Crippen LogP contribution in [0.1, 0.15) is 75.3 Å². The molecule has 0 unspecified atom stereocenters. The van der Waals surface area contributed by atoms with E-state index in [9.17, 15) is 9.90 Å². The van der Waals surface area contributed by atoms with Crippen LogP contribution in [0, 0.1) is 13.8 Å². The molecule has 4 heteroatoms. The van der Waals surface area contributed by atoms with Gasteiger partial charge in [0, 0.05) is 23.3 Å². The van der Waals surface area contributed by atoms with Gasteiger partial charge in [-0.15, -0.1) is 0 Å². The summed E-state index contributed by atoms with van der Waals surface area (Å²) in [6.07, 6.45) is 8.39. The largest absolute Gasteiger partial charge is 0.478 e. The van der Waals surface area contributed by atoms with E-state index in [1.807, 2.05) is 116 Å². The number of allylic oxidation sites excluding steroid dienone is 6. The third-order valence-electron chi connectivity index (χ3n) is 4.57. The smallest absolute Gasteiger partial charge is 0.338 e. The van der Waals surface area contributed by atoms with E-state index in [1.165, 1.54) is 0 Å². The first-order valence-electron chi connectivity index (χ1n) is 11.1. The van der Waals surface area contributed by atoms with Crippen molar-refractivity contribution in [2.24, 2.45) is 7.05 Å². The number of carboxylic acids is 1. The highest BCUT2D eigenvalue weighted by Gasteiger charge is 2.26. The van der Waals surface area contributed by atoms with Gasteiger partial charge in [-0.2, -0.15) is 0 Å². The number of aryl methyl sites for hydroxylation is 1. The molecule has 0 saturated heterocycles. The van der Waals surface area contributed by atoms with Crippen molar-refractivity contribution in [1.82, 2.24) is 4.57 Å². The first-order chi connectivity index (χ1) is 14.9. The summed E-state index contributed by atoms with van der Waals surface area (Å²) >= 11 is 6.11. The van der Waals surface area contributed by atoms with E-state index >= 15 is 0 Å². The molecule has 1 heterocycles. The predicted molar refractivity (Wildman–Crippen MR) is 137 cm³/mol. The van der Waals surface area contributed by atoms with Gasteiger partial charge in [-0.3, -0.25) is 0 Å². The van der Waals surface area contributed by atoms with Crippen LogP contribution in [-0.4, -0.2) is 15.6 Å². The van der Waals surface area contributed by atoms with Gasteiger partial charge < -0.3 is 9.67 Å². The Morgan fingerprint density at radius 1 is 1.03 bits per heavy atom. The van der Waals surface area contributed by atoms with Crippen molar-refractivity contribution in [1.29, 1.82) is 0 Å². The summed E-state index contributed by atoms with van der Waals surface area (Å²) in [7, 11) is 1.91. The average Bonchev–Trinajstić information content (AvgIpc) is 2.91. The number of aromatic nitrogens is 1. The lowest BCUT2D eigenvalue weighted by molar-refractivity contribution is 0.0697. The molecule has 3 nitrogen and oxygen atoms in total. The first kappa shape index (κ1) is 28.5. The second-order valence-corrected chi connectivity index (χ2v) is 6.70. The Morgan fingerprint density at radius 2 is 1.65 bits per heavy atom. The zero-order valence-corrected chi connectivity index (χ0v) is 21.3. The molecule has 31 heavy (non-hydrogen) atoms. The zero-order valence-electron chi connectivity index (χ0n) is 20.5. The number of nitrogens with zero attached hydrogens (tertiary/aromatic N) is 1. The lowest BCUT2D eigenvalue weighted by Gasteiger charge is -2.12. The molecule has 170 valence electrons. The Bertz CT molecular complexity index is 946. The number of rotatable bonds is 3. The minimum atomic E-state index is -0.908. The van der Waals surface area contributed by atoms with Gasteiger partial charge in [-0.05, 0) is 43.6 Å². The summed E-state index contributed by atoms with van der Waals surface area (Å²) in [5.74, 6) is -0.908. The summed E-state index contributed by atoms with van der Waals surface area (Å²) in [6, 6.07) is 7.96. The summed E-state index contributed by atoms with van der Waals surface area (Å²) in [4.78, 5) is 12.0. The maximum atomic E-state index is 12.0. The van der Waals surface area contributed by atoms with Crippen LogP contribution in [0.2, 0.25) is 0 Å². The maximum Gasteiger partial charge on any atom is 0.338 e. The third kappa shape index (κ3) is 7.00. The van der Waals surface area contributed by atoms with Crippen molar-refractivity contribution in [3.8, 4) is 11.1 Å². The van der Waals surface area contributed by atoms with E-state index in [0.29, 0.717) is 17.0 Å². The summed E-state index contributed by atoms with van der Waals surface area (Å²) in [5, 5.41) is 10.5. The van der Waals surface area contributed by atoms with Gasteiger partial charge in [-0.1, -0.05) is 95.1 Å². The van der Waals surface area contributed by atoms with Crippen molar-refractivity contribution in [2.45, 2.75) is 61.8 Å². The van der Waals surface area contributed by atoms with Gasteiger partial charge in [-0.25, -0.2) is 4.79 Å². The Balaban J connectivity index is 0.00000138. The Labute approximate surface area is 193 Å². The highest BCUT2D eigenvalue weighted by molar-refractivity contribution is 6.31. The fourth-order valence-electron chi connectivity index (χ4n) is 3.30. The molecule has 1 N–H and O–H groups in total. The van der Waals surface area contributed by atoms with Crippen LogP contribution in [0.15, 0.2) is 53.6 Å². The van der Waals surface area contributed by atoms with Crippen LogP contribution in [0.4, 0.5) is 0 Å². The molecular formula is C27H38ClNO2. The molecule has 0 amide bonds. The lowest BCUT2D eigenvalue weighted by Crippen LogP contribution is -2.00. The Hall–Kier alpha value is -2.52. The first-order valence-corrected chi connectivity index (χ1v) is 11.5. The number of carboxylic acid groups (broad SMARTS) is 1. The van der Waals surface area contributed by atoms with Crippen LogP contribution in [-0.2, 0) is 7.05 Å². The Kier molecular flexibility index (Phi) is 13.3. The van der Waals surface area contributed by atoms with Gasteiger partial charge in [0.15, 0.2) is 0 Å². The van der Waals surface area contributed by atoms with Gasteiger partial charge in [0.25, 0.3) is 0 Å². The fraction of sp³-hybridized carbons (Fsp3) is 0.370. The molecule has 0 bridgehead atoms. The molecule has 1 aliphatic rings. The maximum absolute atomic E-state index is 12.0. The number of hydrogen-bond acceptors (Lipinski definition) is 1. The van der Waals surface area contributed by atoms with Crippen molar-refractivity contribution in [3.05, 3.63) is 76.1 Å². The van der Waals surface area contributed by atoms with Crippen LogP contribution in [0.25, 0.3) is 16.7 Å². The van der Waals surface area contributed by atoms with Crippen molar-refractivity contribution < 1.29 is 9.90 Å². The number of halogens is 1. The second kappa shape index (κ2) is 14.5. The van der Waals surface area contributed by atoms with E-state index in [-0.39, 0.29) is 0 Å². The molecule has 0 atom stereocenters. The molecule has 1 aliphatic carbocycles. The topological polar surface area (TPSA) is 42.2 Å². The van der Waals surface area contributed by atoms with Gasteiger partial charge in [0.05, 0.1) is 11.3 Å². The van der Waals surface area contributed by atoms with Crippen LogP contribution in [0.3, 0.4) is 0 Å². The summed E-state index contributed by atoms with van der Waals surface area (Å²) in [5.41, 5.74) is 5.84. The second-order valence-electron chi connectivity index (χ2n) is 6.27. The quantitative estimate of drug-likeness (QED) is 0.516. The zero-order chi connectivity index (χ0) is 24.1. The van der Waals surface area contributed by atoms with Crippen LogP contribution < -0.4 is 0 Å². The lowest BCUT2D eigenvalue weighted by atomic mass is 9.94. The molecular weight excluding hydrogens is 406 g/mol. The summed E-state index contributed by atoms with van der Waals surface area (Å²) in [6.45, 7) is 15.9. The summed E-state index contributed by atoms with van der Waals surface area (Å²) < 4.78 is 1.97. The molecule has 3 rings (SSSR count). The normalized spacial score (nSPS) is 11.9. The van der Waals surface area contributed by atoms with E-state index in [1.54, 1.807) is 0 Å². The van der Waals surface area contributed by atoms with Crippen molar-refractivity contribution in [2.75, 3.05) is 0 Å². The van der Waals surface area contributed by atoms with Crippen molar-refractivity contribution in [3.63, 3.8) is 0 Å². The standard InChI is InChI=1S/C21H20ClNO2.3C2H6/c1-13-6-4-8-16(12-13)19-18(21(24)25)14(2)23(3)20(19)15-7-5-9-17(22)11-10-15;3*1-2/h4-6,8-12H,7H2,1-3H3,(H,24,25);3*1-2H3. The molecule has 1 aromatic carbocycles. The molecule has 0 saturated carbocycles. The van der Waals surface area contributed by atoms with Crippen LogP contribution in [0.5, 0.6) is 0 Å². The van der Waals surface area contributed by atoms with Crippen molar-refractivity contribution >= 4 is 23.1 Å². The average molecular weight is 444 g/mol. The number of carbonyl (C=O) groups is 1. The molecule has 0 spiro atoms. The van der Waals surface area contributed by atoms with Crippen LogP contribution >= 0.6 is 11.6 Å². The molecule has 0 fully saturated rings. The third-order valence-corrected chi connectivity index (χ3v) is 4.82. The minimum Gasteiger partial charge on any atom is -0.478 e. The fourth-order valence-corrected chi connectivity index (χ4v) is 3.45. The predicted octanol–water partition coefficient (Wildman–Crippen LogP) is 8.55. The van der Waals surface area contributed by atoms with Gasteiger partial charge in [0.1, 0.15) is 0 Å². The monoisotopic (exact) mass is 443 g/mol. The van der Waals surface area contributed by atoms with E-state index in [4.69, 9.17) is 11.6 Å². The van der Waals surface area contributed by atoms with Gasteiger partial charge >= 0.3 is 5.97 Å². The number of aromatic carboxylic acids is 1. The molecule has 0 radical (unpaired) electrons.